The summed E-state index contributed by atoms with van der Waals surface area (Å²) >= 11 is 7.11. The largest absolute Gasteiger partial charge is 0.463 e. The number of esters is 1. The van der Waals surface area contributed by atoms with Gasteiger partial charge in [0.2, 0.25) is 0 Å². The van der Waals surface area contributed by atoms with Gasteiger partial charge in [-0.1, -0.05) is 47.2 Å². The van der Waals surface area contributed by atoms with Gasteiger partial charge in [0.25, 0.3) is 5.56 Å². The molecule has 5 nitrogen and oxygen atoms in total. The van der Waals surface area contributed by atoms with Crippen molar-refractivity contribution < 1.29 is 18.3 Å². The van der Waals surface area contributed by atoms with Gasteiger partial charge >= 0.3 is 5.97 Å². The van der Waals surface area contributed by atoms with E-state index in [1.807, 2.05) is 0 Å². The van der Waals surface area contributed by atoms with E-state index in [0.29, 0.717) is 5.70 Å². The number of benzene rings is 2. The van der Waals surface area contributed by atoms with Gasteiger partial charge in [-0.2, -0.15) is 0 Å². The van der Waals surface area contributed by atoms with Crippen molar-refractivity contribution in [2.45, 2.75) is 19.9 Å². The molecule has 0 aliphatic carbocycles. The first-order valence-electron chi connectivity index (χ1n) is 9.71. The van der Waals surface area contributed by atoms with Crippen LogP contribution in [0.4, 0.5) is 8.78 Å². The van der Waals surface area contributed by atoms with Crippen molar-refractivity contribution in [1.82, 2.24) is 4.57 Å². The number of hydrogen-bond acceptors (Lipinski definition) is 5. The van der Waals surface area contributed by atoms with Crippen LogP contribution in [0.15, 0.2) is 63.5 Å². The molecule has 0 amide bonds. The van der Waals surface area contributed by atoms with Gasteiger partial charge in [-0.05, 0) is 38.1 Å². The van der Waals surface area contributed by atoms with E-state index in [2.05, 4.69) is 4.99 Å². The quantitative estimate of drug-likeness (QED) is 0.541. The Morgan fingerprint density at radius 1 is 1.22 bits per heavy atom. The minimum Gasteiger partial charge on any atom is -0.463 e. The number of rotatable bonds is 4. The summed E-state index contributed by atoms with van der Waals surface area (Å²) < 4.78 is 35.7. The average Bonchev–Trinajstić information content (AvgIpc) is 3.05. The van der Waals surface area contributed by atoms with E-state index in [-0.39, 0.29) is 37.7 Å². The Hall–Kier alpha value is -3.10. The van der Waals surface area contributed by atoms with Gasteiger partial charge in [-0.3, -0.25) is 9.36 Å². The minimum atomic E-state index is -1.08. The summed E-state index contributed by atoms with van der Waals surface area (Å²) in [4.78, 5) is 30.8. The third-order valence-electron chi connectivity index (χ3n) is 4.99. The Bertz CT molecular complexity index is 1420. The highest BCUT2D eigenvalue weighted by molar-refractivity contribution is 7.07. The second-order valence-electron chi connectivity index (χ2n) is 6.96. The van der Waals surface area contributed by atoms with Gasteiger partial charge in [0.1, 0.15) is 17.7 Å². The van der Waals surface area contributed by atoms with Crippen LogP contribution in [-0.2, 0) is 9.53 Å². The van der Waals surface area contributed by atoms with Crippen LogP contribution < -0.4 is 14.9 Å². The van der Waals surface area contributed by atoms with E-state index >= 15 is 0 Å². The van der Waals surface area contributed by atoms with Gasteiger partial charge in [0.05, 0.1) is 27.4 Å². The second-order valence-corrected chi connectivity index (χ2v) is 8.38. The molecule has 0 saturated carbocycles. The predicted molar refractivity (Wildman–Crippen MR) is 118 cm³/mol. The smallest absolute Gasteiger partial charge is 0.338 e. The molecule has 0 spiro atoms. The zero-order valence-electron chi connectivity index (χ0n) is 17.1. The normalized spacial score (nSPS) is 16.0. The highest BCUT2D eigenvalue weighted by Gasteiger charge is 2.34. The van der Waals surface area contributed by atoms with E-state index in [1.54, 1.807) is 19.9 Å². The van der Waals surface area contributed by atoms with Gasteiger partial charge in [-0.25, -0.2) is 18.6 Å². The first-order chi connectivity index (χ1) is 15.3. The number of fused-ring (bicyclic) bond motifs is 1. The number of carbonyl (C=O) groups excluding carboxylic acids is 1. The third-order valence-corrected chi connectivity index (χ3v) is 6.30. The fourth-order valence-corrected chi connectivity index (χ4v) is 4.81. The zero-order valence-corrected chi connectivity index (χ0v) is 18.6. The van der Waals surface area contributed by atoms with Crippen LogP contribution in [0.1, 0.15) is 31.0 Å². The van der Waals surface area contributed by atoms with Crippen LogP contribution in [-0.4, -0.2) is 17.1 Å². The molecule has 0 N–H and O–H groups in total. The topological polar surface area (TPSA) is 60.7 Å². The number of halogens is 3. The van der Waals surface area contributed by atoms with Crippen molar-refractivity contribution in [3.05, 3.63) is 101 Å². The summed E-state index contributed by atoms with van der Waals surface area (Å²) in [6.07, 6.45) is 1.34. The molecule has 3 aromatic rings. The standard InChI is InChI=1S/C23H17ClF2N2O3S/c1-3-31-22(30)19-12(2)27-23-28(20(19)13-7-4-5-9-16(13)25)21(29)18(32-23)11-14-15(24)8-6-10-17(14)26/h4-11,20H,3H2,1-2H3/b18-11-. The Labute approximate surface area is 190 Å². The lowest BCUT2D eigenvalue weighted by Crippen LogP contribution is -2.40. The molecule has 2 heterocycles. The first-order valence-corrected chi connectivity index (χ1v) is 10.9. The lowest BCUT2D eigenvalue weighted by molar-refractivity contribution is -0.139. The number of aromatic nitrogens is 1. The number of ether oxygens (including phenoxy) is 1. The molecule has 0 bridgehead atoms. The molecule has 1 aromatic heterocycles. The van der Waals surface area contributed by atoms with E-state index < -0.39 is 29.2 Å². The third kappa shape index (κ3) is 3.80. The van der Waals surface area contributed by atoms with Crippen molar-refractivity contribution >= 4 is 35.0 Å². The molecule has 0 fully saturated rings. The number of allylic oxidation sites excluding steroid dienone is 1. The van der Waals surface area contributed by atoms with Crippen LogP contribution in [0, 0.1) is 11.6 Å². The molecule has 9 heteroatoms. The summed E-state index contributed by atoms with van der Waals surface area (Å²) in [7, 11) is 0. The van der Waals surface area contributed by atoms with Crippen LogP contribution >= 0.6 is 22.9 Å². The maximum atomic E-state index is 14.8. The Morgan fingerprint density at radius 3 is 2.62 bits per heavy atom. The number of carbonyl (C=O) groups is 1. The zero-order chi connectivity index (χ0) is 23.0. The molecule has 1 aliphatic heterocycles. The van der Waals surface area contributed by atoms with Crippen molar-refractivity contribution in [2.75, 3.05) is 6.61 Å². The van der Waals surface area contributed by atoms with Crippen molar-refractivity contribution in [2.24, 2.45) is 4.99 Å². The lowest BCUT2D eigenvalue weighted by atomic mass is 9.95. The number of nitrogens with zero attached hydrogens (tertiary/aromatic N) is 2. The fraction of sp³-hybridized carbons (Fsp3) is 0.174. The Kier molecular flexibility index (Phi) is 6.08. The van der Waals surface area contributed by atoms with Crippen molar-refractivity contribution in [1.29, 1.82) is 0 Å². The Balaban J connectivity index is 2.02. The van der Waals surface area contributed by atoms with E-state index in [9.17, 15) is 18.4 Å². The maximum absolute atomic E-state index is 14.8. The molecule has 0 radical (unpaired) electrons. The highest BCUT2D eigenvalue weighted by atomic mass is 35.5. The van der Waals surface area contributed by atoms with E-state index in [0.717, 1.165) is 11.3 Å². The second kappa shape index (κ2) is 8.80. The molecule has 1 atom stereocenters. The van der Waals surface area contributed by atoms with Crippen molar-refractivity contribution in [3.63, 3.8) is 0 Å². The van der Waals surface area contributed by atoms with E-state index in [4.69, 9.17) is 16.3 Å². The van der Waals surface area contributed by atoms with Crippen LogP contribution in [0.25, 0.3) is 6.08 Å². The van der Waals surface area contributed by atoms with Gasteiger partial charge in [0.15, 0.2) is 4.80 Å². The number of thiazole rings is 1. The van der Waals surface area contributed by atoms with Crippen LogP contribution in [0.5, 0.6) is 0 Å². The van der Waals surface area contributed by atoms with Gasteiger partial charge < -0.3 is 4.74 Å². The van der Waals surface area contributed by atoms with Crippen LogP contribution in [0.3, 0.4) is 0 Å². The van der Waals surface area contributed by atoms with Crippen molar-refractivity contribution in [3.8, 4) is 0 Å². The number of hydrogen-bond donors (Lipinski definition) is 0. The minimum absolute atomic E-state index is 0.0585. The van der Waals surface area contributed by atoms with E-state index in [1.165, 1.54) is 47.0 Å². The molecular formula is C23H17ClF2N2O3S. The fourth-order valence-electron chi connectivity index (χ4n) is 3.56. The summed E-state index contributed by atoms with van der Waals surface area (Å²) in [6, 6.07) is 9.02. The molecule has 1 aliphatic rings. The highest BCUT2D eigenvalue weighted by Crippen LogP contribution is 2.32. The SMILES string of the molecule is CCOC(=O)C1=C(C)N=c2s/c(=C\c3c(F)cccc3Cl)c(=O)n2C1c1ccccc1F. The molecule has 4 rings (SSSR count). The maximum Gasteiger partial charge on any atom is 0.338 e. The molecular weight excluding hydrogens is 458 g/mol. The lowest BCUT2D eigenvalue weighted by Gasteiger charge is -2.24. The monoisotopic (exact) mass is 474 g/mol. The molecule has 164 valence electrons. The van der Waals surface area contributed by atoms with Gasteiger partial charge in [-0.15, -0.1) is 0 Å². The van der Waals surface area contributed by atoms with Crippen LogP contribution in [0.2, 0.25) is 5.02 Å². The summed E-state index contributed by atoms with van der Waals surface area (Å²) in [5.74, 6) is -1.86. The molecule has 32 heavy (non-hydrogen) atoms. The average molecular weight is 475 g/mol. The molecule has 2 aromatic carbocycles. The summed E-state index contributed by atoms with van der Waals surface area (Å²) in [5, 5.41) is 0.143. The van der Waals surface area contributed by atoms with Gasteiger partial charge in [0, 0.05) is 11.1 Å². The predicted octanol–water partition coefficient (Wildman–Crippen LogP) is 3.73. The Morgan fingerprint density at radius 2 is 1.94 bits per heavy atom. The summed E-state index contributed by atoms with van der Waals surface area (Å²) in [5.41, 5.74) is 0.0218. The molecule has 1 unspecified atom stereocenters. The molecule has 0 saturated heterocycles. The first kappa shape index (κ1) is 22.1. The summed E-state index contributed by atoms with van der Waals surface area (Å²) in [6.45, 7) is 3.36.